The molecule has 4 heteroatoms. The normalized spacial score (nSPS) is 22.9. The summed E-state index contributed by atoms with van der Waals surface area (Å²) in [4.78, 5) is 16.4. The van der Waals surface area contributed by atoms with E-state index in [4.69, 9.17) is 0 Å². The van der Waals surface area contributed by atoms with Gasteiger partial charge in [0.2, 0.25) is 5.91 Å². The van der Waals surface area contributed by atoms with Crippen LogP contribution in [0.3, 0.4) is 0 Å². The van der Waals surface area contributed by atoms with Crippen molar-refractivity contribution in [3.05, 3.63) is 0 Å². The van der Waals surface area contributed by atoms with E-state index >= 15 is 0 Å². The number of hydrogen-bond acceptors (Lipinski definition) is 3. The van der Waals surface area contributed by atoms with E-state index in [2.05, 4.69) is 24.1 Å². The molecule has 2 aliphatic rings. The zero-order chi connectivity index (χ0) is 12.3. The summed E-state index contributed by atoms with van der Waals surface area (Å²) in [7, 11) is 0. The molecule has 1 amide bonds. The maximum Gasteiger partial charge on any atom is 0.222 e. The van der Waals surface area contributed by atoms with Crippen LogP contribution in [0.4, 0.5) is 0 Å². The summed E-state index contributed by atoms with van der Waals surface area (Å²) in [6.45, 7) is 10.7. The Labute approximate surface area is 104 Å². The van der Waals surface area contributed by atoms with E-state index in [0.29, 0.717) is 17.9 Å². The molecule has 0 saturated carbocycles. The fraction of sp³-hybridized carbons (Fsp3) is 0.923. The number of rotatable bonds is 4. The van der Waals surface area contributed by atoms with Crippen LogP contribution in [0, 0.1) is 5.92 Å². The SMILES string of the molecule is CC(C)CCC(=O)N1CC(N2CCNCC2)C1. The van der Waals surface area contributed by atoms with Crippen molar-refractivity contribution in [2.45, 2.75) is 32.7 Å². The van der Waals surface area contributed by atoms with Gasteiger partial charge in [0.1, 0.15) is 0 Å². The highest BCUT2D eigenvalue weighted by atomic mass is 16.2. The van der Waals surface area contributed by atoms with E-state index in [1.54, 1.807) is 0 Å². The van der Waals surface area contributed by atoms with Gasteiger partial charge in [-0.15, -0.1) is 0 Å². The number of hydrogen-bond donors (Lipinski definition) is 1. The highest BCUT2D eigenvalue weighted by Crippen LogP contribution is 2.17. The van der Waals surface area contributed by atoms with Crippen molar-refractivity contribution in [3.8, 4) is 0 Å². The molecule has 98 valence electrons. The van der Waals surface area contributed by atoms with Crippen molar-refractivity contribution in [2.75, 3.05) is 39.3 Å². The summed E-state index contributed by atoms with van der Waals surface area (Å²) in [5.41, 5.74) is 0. The zero-order valence-corrected chi connectivity index (χ0v) is 11.1. The molecule has 1 N–H and O–H groups in total. The second-order valence-electron chi connectivity index (χ2n) is 5.67. The molecule has 17 heavy (non-hydrogen) atoms. The average molecular weight is 239 g/mol. The molecule has 0 aromatic heterocycles. The monoisotopic (exact) mass is 239 g/mol. The first-order valence-electron chi connectivity index (χ1n) is 6.89. The third kappa shape index (κ3) is 3.42. The Morgan fingerprint density at radius 1 is 1.29 bits per heavy atom. The van der Waals surface area contributed by atoms with Crippen LogP contribution < -0.4 is 5.32 Å². The van der Waals surface area contributed by atoms with Gasteiger partial charge in [0.05, 0.1) is 0 Å². The predicted octanol–water partition coefficient (Wildman–Crippen LogP) is 0.539. The van der Waals surface area contributed by atoms with Crippen LogP contribution >= 0.6 is 0 Å². The number of carbonyl (C=O) groups excluding carboxylic acids is 1. The van der Waals surface area contributed by atoms with Crippen LogP contribution in [0.15, 0.2) is 0 Å². The fourth-order valence-corrected chi connectivity index (χ4v) is 2.51. The molecule has 0 radical (unpaired) electrons. The van der Waals surface area contributed by atoms with Crippen LogP contribution in [0.2, 0.25) is 0 Å². The molecule has 0 aliphatic carbocycles. The Hall–Kier alpha value is -0.610. The van der Waals surface area contributed by atoms with E-state index in [1.807, 2.05) is 4.90 Å². The molecular formula is C13H25N3O. The van der Waals surface area contributed by atoms with Gasteiger partial charge >= 0.3 is 0 Å². The Kier molecular flexibility index (Phi) is 4.40. The molecule has 0 aromatic rings. The van der Waals surface area contributed by atoms with Gasteiger partial charge in [-0.1, -0.05) is 13.8 Å². The third-order valence-corrected chi connectivity index (χ3v) is 3.82. The van der Waals surface area contributed by atoms with Gasteiger partial charge < -0.3 is 10.2 Å². The fourth-order valence-electron chi connectivity index (χ4n) is 2.51. The maximum absolute atomic E-state index is 11.9. The molecule has 2 heterocycles. The molecule has 2 saturated heterocycles. The van der Waals surface area contributed by atoms with E-state index in [9.17, 15) is 4.79 Å². The topological polar surface area (TPSA) is 35.6 Å². The lowest BCUT2D eigenvalue weighted by Gasteiger charge is -2.46. The van der Waals surface area contributed by atoms with Crippen LogP contribution in [0.5, 0.6) is 0 Å². The smallest absolute Gasteiger partial charge is 0.222 e. The molecule has 0 unspecified atom stereocenters. The Morgan fingerprint density at radius 2 is 1.94 bits per heavy atom. The van der Waals surface area contributed by atoms with Gasteiger partial charge in [-0.2, -0.15) is 0 Å². The first-order valence-corrected chi connectivity index (χ1v) is 6.89. The first-order chi connectivity index (χ1) is 8.16. The summed E-state index contributed by atoms with van der Waals surface area (Å²) >= 11 is 0. The Morgan fingerprint density at radius 3 is 2.53 bits per heavy atom. The lowest BCUT2D eigenvalue weighted by atomic mass is 10.0. The molecule has 2 aliphatic heterocycles. The molecule has 0 aromatic carbocycles. The molecule has 0 atom stereocenters. The van der Waals surface area contributed by atoms with Crippen molar-refractivity contribution >= 4 is 5.91 Å². The zero-order valence-electron chi connectivity index (χ0n) is 11.1. The number of likely N-dealkylation sites (tertiary alicyclic amines) is 1. The van der Waals surface area contributed by atoms with Crippen molar-refractivity contribution in [1.82, 2.24) is 15.1 Å². The third-order valence-electron chi connectivity index (χ3n) is 3.82. The van der Waals surface area contributed by atoms with Crippen molar-refractivity contribution in [1.29, 1.82) is 0 Å². The summed E-state index contributed by atoms with van der Waals surface area (Å²) in [6, 6.07) is 0.625. The standard InChI is InChI=1S/C13H25N3O/c1-11(2)3-4-13(17)16-9-12(10-16)15-7-5-14-6-8-15/h11-12,14H,3-10H2,1-2H3. The second-order valence-corrected chi connectivity index (χ2v) is 5.67. The highest BCUT2D eigenvalue weighted by molar-refractivity contribution is 5.77. The largest absolute Gasteiger partial charge is 0.339 e. The summed E-state index contributed by atoms with van der Waals surface area (Å²) < 4.78 is 0. The van der Waals surface area contributed by atoms with Crippen LogP contribution in [0.1, 0.15) is 26.7 Å². The van der Waals surface area contributed by atoms with Gasteiger partial charge in [0.15, 0.2) is 0 Å². The van der Waals surface area contributed by atoms with Crippen LogP contribution in [0.25, 0.3) is 0 Å². The number of piperazine rings is 1. The molecule has 2 fully saturated rings. The molecular weight excluding hydrogens is 214 g/mol. The Bertz CT molecular complexity index is 255. The molecule has 2 rings (SSSR count). The summed E-state index contributed by atoms with van der Waals surface area (Å²) in [6.07, 6.45) is 1.75. The first kappa shape index (κ1) is 12.8. The number of nitrogens with one attached hydrogen (secondary N) is 1. The van der Waals surface area contributed by atoms with E-state index in [0.717, 1.165) is 52.1 Å². The summed E-state index contributed by atoms with van der Waals surface area (Å²) in [5.74, 6) is 0.981. The van der Waals surface area contributed by atoms with Crippen molar-refractivity contribution in [3.63, 3.8) is 0 Å². The number of amides is 1. The average Bonchev–Trinajstić information content (AvgIpc) is 2.26. The lowest BCUT2D eigenvalue weighted by Crippen LogP contribution is -2.63. The van der Waals surface area contributed by atoms with Crippen molar-refractivity contribution < 1.29 is 4.79 Å². The van der Waals surface area contributed by atoms with Gasteiger partial charge in [0.25, 0.3) is 0 Å². The number of nitrogens with zero attached hydrogens (tertiary/aromatic N) is 2. The van der Waals surface area contributed by atoms with E-state index < -0.39 is 0 Å². The van der Waals surface area contributed by atoms with Gasteiger partial charge in [-0.25, -0.2) is 0 Å². The predicted molar refractivity (Wildman–Crippen MR) is 68.9 cm³/mol. The van der Waals surface area contributed by atoms with Gasteiger partial charge in [0, 0.05) is 51.7 Å². The van der Waals surface area contributed by atoms with Gasteiger partial charge in [-0.3, -0.25) is 9.69 Å². The van der Waals surface area contributed by atoms with E-state index in [1.165, 1.54) is 0 Å². The van der Waals surface area contributed by atoms with Crippen molar-refractivity contribution in [2.24, 2.45) is 5.92 Å². The van der Waals surface area contributed by atoms with Crippen LogP contribution in [-0.4, -0.2) is 61.0 Å². The minimum absolute atomic E-state index is 0.352. The molecule has 0 spiro atoms. The maximum atomic E-state index is 11.9. The quantitative estimate of drug-likeness (QED) is 0.778. The lowest BCUT2D eigenvalue weighted by molar-refractivity contribution is -0.139. The van der Waals surface area contributed by atoms with Gasteiger partial charge in [-0.05, 0) is 12.3 Å². The van der Waals surface area contributed by atoms with Crippen LogP contribution in [-0.2, 0) is 4.79 Å². The second kappa shape index (κ2) is 5.83. The highest BCUT2D eigenvalue weighted by Gasteiger charge is 2.34. The van der Waals surface area contributed by atoms with E-state index in [-0.39, 0.29) is 0 Å². The number of carbonyl (C=O) groups is 1. The minimum Gasteiger partial charge on any atom is -0.339 e. The summed E-state index contributed by atoms with van der Waals surface area (Å²) in [5, 5.41) is 3.36. The molecule has 0 bridgehead atoms. The Balaban J connectivity index is 1.65. The molecule has 4 nitrogen and oxygen atoms in total. The minimum atomic E-state index is 0.352.